The Balaban J connectivity index is 1.04. The van der Waals surface area contributed by atoms with Gasteiger partial charge in [-0.05, 0) is 92.7 Å². The molecule has 0 radical (unpaired) electrons. The number of aryl methyl sites for hydroxylation is 2. The highest BCUT2D eigenvalue weighted by Gasteiger charge is 2.43. The SMILES string of the molecule is COC(=O)c1cnc(Nc2ccc(CCc3cc(C4O[C@@H]4NC4CC4)ccn3)cc2)nc1NCC1CCC(O)CC1. The number of methoxy groups -OCH3 is 1. The molecular weight excluding hydrogens is 520 g/mol. The van der Waals surface area contributed by atoms with Crippen molar-refractivity contribution in [2.45, 2.75) is 75.8 Å². The summed E-state index contributed by atoms with van der Waals surface area (Å²) in [6.45, 7) is 0.672. The summed E-state index contributed by atoms with van der Waals surface area (Å²) in [7, 11) is 1.35. The number of esters is 1. The number of ether oxygens (including phenoxy) is 2. The number of rotatable bonds is 12. The minimum absolute atomic E-state index is 0.142. The number of aliphatic hydroxyl groups excluding tert-OH is 1. The van der Waals surface area contributed by atoms with E-state index >= 15 is 0 Å². The van der Waals surface area contributed by atoms with Crippen LogP contribution in [0.4, 0.5) is 17.5 Å². The Kier molecular flexibility index (Phi) is 8.41. The third-order valence-corrected chi connectivity index (χ3v) is 8.09. The van der Waals surface area contributed by atoms with Crippen LogP contribution in [0.15, 0.2) is 48.8 Å². The van der Waals surface area contributed by atoms with E-state index in [1.54, 1.807) is 0 Å². The molecule has 1 saturated heterocycles. The van der Waals surface area contributed by atoms with Gasteiger partial charge in [0, 0.05) is 36.4 Å². The van der Waals surface area contributed by atoms with E-state index < -0.39 is 5.97 Å². The molecule has 1 aliphatic heterocycles. The van der Waals surface area contributed by atoms with Crippen molar-refractivity contribution in [3.63, 3.8) is 0 Å². The van der Waals surface area contributed by atoms with E-state index in [9.17, 15) is 9.90 Å². The van der Waals surface area contributed by atoms with E-state index in [4.69, 9.17) is 9.47 Å². The molecule has 4 N–H and O–H groups in total. The molecule has 6 rings (SSSR count). The Morgan fingerprint density at radius 3 is 2.61 bits per heavy atom. The first-order valence-electron chi connectivity index (χ1n) is 14.6. The summed E-state index contributed by atoms with van der Waals surface area (Å²) >= 11 is 0. The summed E-state index contributed by atoms with van der Waals surface area (Å²) < 4.78 is 10.7. The van der Waals surface area contributed by atoms with Gasteiger partial charge in [0.1, 0.15) is 23.7 Å². The molecule has 0 spiro atoms. The Labute approximate surface area is 240 Å². The first kappa shape index (κ1) is 27.6. The molecule has 2 aromatic heterocycles. The number of nitrogens with zero attached hydrogens (tertiary/aromatic N) is 3. The van der Waals surface area contributed by atoms with Crippen molar-refractivity contribution in [2.75, 3.05) is 24.3 Å². The van der Waals surface area contributed by atoms with Gasteiger partial charge in [-0.2, -0.15) is 4.98 Å². The van der Waals surface area contributed by atoms with Crippen LogP contribution >= 0.6 is 0 Å². The van der Waals surface area contributed by atoms with Gasteiger partial charge in [0.05, 0.1) is 13.2 Å². The molecule has 0 amide bonds. The molecule has 41 heavy (non-hydrogen) atoms. The molecule has 3 fully saturated rings. The highest BCUT2D eigenvalue weighted by molar-refractivity contribution is 5.94. The van der Waals surface area contributed by atoms with Crippen LogP contribution in [-0.4, -0.2) is 58.1 Å². The van der Waals surface area contributed by atoms with Crippen molar-refractivity contribution in [3.8, 4) is 0 Å². The zero-order valence-corrected chi connectivity index (χ0v) is 23.4. The second-order valence-electron chi connectivity index (χ2n) is 11.3. The minimum Gasteiger partial charge on any atom is -0.465 e. The van der Waals surface area contributed by atoms with Gasteiger partial charge < -0.3 is 25.2 Å². The fourth-order valence-electron chi connectivity index (χ4n) is 5.37. The van der Waals surface area contributed by atoms with Crippen molar-refractivity contribution in [1.29, 1.82) is 0 Å². The van der Waals surface area contributed by atoms with Gasteiger partial charge in [0.25, 0.3) is 0 Å². The lowest BCUT2D eigenvalue weighted by Crippen LogP contribution is -2.24. The highest BCUT2D eigenvalue weighted by Crippen LogP contribution is 2.39. The molecule has 2 saturated carbocycles. The van der Waals surface area contributed by atoms with E-state index in [1.807, 2.05) is 24.4 Å². The number of anilines is 3. The van der Waals surface area contributed by atoms with Crippen molar-refractivity contribution in [3.05, 3.63) is 71.2 Å². The lowest BCUT2D eigenvalue weighted by molar-refractivity contribution is 0.0601. The monoisotopic (exact) mass is 558 g/mol. The van der Waals surface area contributed by atoms with Crippen LogP contribution in [0.5, 0.6) is 0 Å². The number of carbonyl (C=O) groups excluding carboxylic acids is 1. The van der Waals surface area contributed by atoms with Crippen LogP contribution in [-0.2, 0) is 22.3 Å². The number of aromatic nitrogens is 3. The topological polar surface area (TPSA) is 134 Å². The molecular formula is C31H38N6O4. The van der Waals surface area contributed by atoms with Gasteiger partial charge in [-0.3, -0.25) is 10.3 Å². The van der Waals surface area contributed by atoms with Crippen molar-refractivity contribution in [2.24, 2.45) is 5.92 Å². The number of hydrogen-bond donors (Lipinski definition) is 4. The zero-order valence-electron chi connectivity index (χ0n) is 23.4. The molecule has 2 aliphatic carbocycles. The summed E-state index contributed by atoms with van der Waals surface area (Å²) in [6, 6.07) is 13.0. The van der Waals surface area contributed by atoms with Gasteiger partial charge in [-0.25, -0.2) is 9.78 Å². The summed E-state index contributed by atoms with van der Waals surface area (Å²) in [4.78, 5) is 25.8. The van der Waals surface area contributed by atoms with Crippen molar-refractivity contribution >= 4 is 23.4 Å². The molecule has 1 unspecified atom stereocenters. The number of aliphatic hydroxyl groups is 1. The summed E-state index contributed by atoms with van der Waals surface area (Å²) in [5.74, 6) is 0.772. The number of nitrogens with one attached hydrogen (secondary N) is 3. The third-order valence-electron chi connectivity index (χ3n) is 8.09. The molecule has 2 atom stereocenters. The zero-order chi connectivity index (χ0) is 28.2. The van der Waals surface area contributed by atoms with E-state index in [2.05, 4.69) is 49.1 Å². The molecule has 10 heteroatoms. The Morgan fingerprint density at radius 2 is 1.85 bits per heavy atom. The van der Waals surface area contributed by atoms with Gasteiger partial charge >= 0.3 is 5.97 Å². The van der Waals surface area contributed by atoms with Gasteiger partial charge in [-0.15, -0.1) is 0 Å². The predicted molar refractivity (Wildman–Crippen MR) is 155 cm³/mol. The number of hydrogen-bond acceptors (Lipinski definition) is 10. The smallest absolute Gasteiger partial charge is 0.343 e. The Morgan fingerprint density at radius 1 is 1.05 bits per heavy atom. The van der Waals surface area contributed by atoms with Crippen LogP contribution in [0.2, 0.25) is 0 Å². The van der Waals surface area contributed by atoms with Crippen LogP contribution in [0.3, 0.4) is 0 Å². The average molecular weight is 559 g/mol. The number of epoxide rings is 1. The van der Waals surface area contributed by atoms with Crippen LogP contribution in [0.1, 0.15) is 71.8 Å². The first-order chi connectivity index (χ1) is 20.0. The second kappa shape index (κ2) is 12.5. The quantitative estimate of drug-likeness (QED) is 0.188. The van der Waals surface area contributed by atoms with Crippen LogP contribution in [0, 0.1) is 5.92 Å². The highest BCUT2D eigenvalue weighted by atomic mass is 16.6. The maximum absolute atomic E-state index is 12.3. The molecule has 1 aromatic carbocycles. The molecule has 3 aliphatic rings. The van der Waals surface area contributed by atoms with Crippen LogP contribution < -0.4 is 16.0 Å². The van der Waals surface area contributed by atoms with Crippen molar-refractivity contribution < 1.29 is 19.4 Å². The fourth-order valence-corrected chi connectivity index (χ4v) is 5.37. The number of carbonyl (C=O) groups is 1. The predicted octanol–water partition coefficient (Wildman–Crippen LogP) is 4.30. The van der Waals surface area contributed by atoms with E-state index in [0.717, 1.165) is 49.9 Å². The lowest BCUT2D eigenvalue weighted by atomic mass is 9.87. The Hall–Kier alpha value is -3.60. The largest absolute Gasteiger partial charge is 0.465 e. The molecule has 3 aromatic rings. The maximum Gasteiger partial charge on any atom is 0.343 e. The summed E-state index contributed by atoms with van der Waals surface area (Å²) in [6.07, 6.45) is 11.2. The molecule has 10 nitrogen and oxygen atoms in total. The summed E-state index contributed by atoms with van der Waals surface area (Å²) in [5.41, 5.74) is 4.61. The molecule has 3 heterocycles. The minimum atomic E-state index is -0.484. The van der Waals surface area contributed by atoms with Gasteiger partial charge in [-0.1, -0.05) is 12.1 Å². The van der Waals surface area contributed by atoms with E-state index in [-0.39, 0.29) is 18.4 Å². The third kappa shape index (κ3) is 7.38. The summed E-state index contributed by atoms with van der Waals surface area (Å²) in [5, 5.41) is 19.9. The Bertz CT molecular complexity index is 1340. The first-order valence-corrected chi connectivity index (χ1v) is 14.6. The standard InChI is InChI=1S/C31H38N6O4/c1-40-30(39)26-18-34-31(37-28(26)33-17-20-5-12-25(38)13-6-20)36-23-7-2-19(3-8-23)4-9-24-16-21(14-15-32-24)27-29(41-27)35-22-10-11-22/h2-3,7-8,14-16,18,20,22,25,27,29,35,38H,4-6,9-13,17H2,1H3,(H2,33,34,36,37)/t20?,25?,27?,29-/m0/s1. The van der Waals surface area contributed by atoms with Gasteiger partial charge in [0.2, 0.25) is 5.95 Å². The lowest BCUT2D eigenvalue weighted by Gasteiger charge is -2.25. The molecule has 216 valence electrons. The average Bonchev–Trinajstić information content (AvgIpc) is 3.95. The van der Waals surface area contributed by atoms with Crippen molar-refractivity contribution in [1.82, 2.24) is 20.3 Å². The maximum atomic E-state index is 12.3. The van der Waals surface area contributed by atoms with Gasteiger partial charge in [0.15, 0.2) is 0 Å². The fraction of sp³-hybridized carbons (Fsp3) is 0.484. The second-order valence-corrected chi connectivity index (χ2v) is 11.3. The molecule has 0 bridgehead atoms. The number of benzene rings is 1. The van der Waals surface area contributed by atoms with Crippen LogP contribution in [0.25, 0.3) is 0 Å². The van der Waals surface area contributed by atoms with E-state index in [0.29, 0.717) is 35.8 Å². The normalized spacial score (nSPS) is 23.6. The van der Waals surface area contributed by atoms with E-state index in [1.165, 1.54) is 37.3 Å². The number of pyridine rings is 1.